The van der Waals surface area contributed by atoms with Crippen LogP contribution in [0.15, 0.2) is 41.7 Å². The molecule has 7 heteroatoms. The molecule has 2 aromatic rings. The van der Waals surface area contributed by atoms with Gasteiger partial charge in [0.2, 0.25) is 0 Å². The minimum atomic E-state index is 0.00834. The second-order valence-corrected chi connectivity index (χ2v) is 7.58. The van der Waals surface area contributed by atoms with E-state index in [0.717, 1.165) is 31.2 Å². The fourth-order valence-electron chi connectivity index (χ4n) is 3.48. The Morgan fingerprint density at radius 2 is 2.33 bits per heavy atom. The summed E-state index contributed by atoms with van der Waals surface area (Å²) >= 11 is 6.01. The highest BCUT2D eigenvalue weighted by atomic mass is 35.5. The third-order valence-electron chi connectivity index (χ3n) is 4.76. The van der Waals surface area contributed by atoms with Crippen molar-refractivity contribution in [3.05, 3.63) is 47.2 Å². The van der Waals surface area contributed by atoms with Crippen LogP contribution in [0, 0.1) is 5.92 Å². The molecule has 0 radical (unpaired) electrons. The van der Waals surface area contributed by atoms with Gasteiger partial charge in [-0.3, -0.25) is 9.67 Å². The van der Waals surface area contributed by atoms with E-state index in [9.17, 15) is 0 Å². The molecule has 2 heterocycles. The smallest absolute Gasteiger partial charge is 0.193 e. The van der Waals surface area contributed by atoms with Crippen LogP contribution < -0.4 is 10.1 Å². The van der Waals surface area contributed by atoms with Gasteiger partial charge in [0.05, 0.1) is 12.7 Å². The lowest BCUT2D eigenvalue weighted by atomic mass is 10.0. The molecule has 0 bridgehead atoms. The number of aliphatic imine (C=N–C) groups is 1. The van der Waals surface area contributed by atoms with Gasteiger partial charge in [-0.05, 0) is 49.4 Å². The van der Waals surface area contributed by atoms with Gasteiger partial charge in [-0.25, -0.2) is 0 Å². The predicted molar refractivity (Wildman–Crippen MR) is 109 cm³/mol. The van der Waals surface area contributed by atoms with E-state index >= 15 is 0 Å². The first-order valence-corrected chi connectivity index (χ1v) is 9.76. The quantitative estimate of drug-likeness (QED) is 0.609. The Morgan fingerprint density at radius 1 is 1.48 bits per heavy atom. The number of rotatable bonds is 6. The fourth-order valence-corrected chi connectivity index (χ4v) is 3.66. The van der Waals surface area contributed by atoms with Crippen molar-refractivity contribution in [1.82, 2.24) is 20.0 Å². The van der Waals surface area contributed by atoms with Gasteiger partial charge in [-0.15, -0.1) is 0 Å². The Morgan fingerprint density at radius 3 is 3.04 bits per heavy atom. The molecule has 2 atom stereocenters. The monoisotopic (exact) mass is 389 g/mol. The van der Waals surface area contributed by atoms with Gasteiger partial charge in [0.15, 0.2) is 5.96 Å². The van der Waals surface area contributed by atoms with Crippen LogP contribution in [0.4, 0.5) is 0 Å². The molecule has 2 unspecified atom stereocenters. The Bertz CT molecular complexity index is 775. The van der Waals surface area contributed by atoms with Crippen LogP contribution in [0.2, 0.25) is 5.02 Å². The summed E-state index contributed by atoms with van der Waals surface area (Å²) in [4.78, 5) is 6.77. The SMILES string of the molecule is CN=C(NCC(C)Oc1cccc(Cl)c1)N1CCC(Cc2cnn(C)c2)C1. The summed E-state index contributed by atoms with van der Waals surface area (Å²) in [5.74, 6) is 2.35. The third-order valence-corrected chi connectivity index (χ3v) is 5.00. The molecular weight excluding hydrogens is 362 g/mol. The maximum absolute atomic E-state index is 6.01. The third kappa shape index (κ3) is 5.63. The number of hydrogen-bond acceptors (Lipinski definition) is 3. The van der Waals surface area contributed by atoms with Gasteiger partial charge in [0.25, 0.3) is 0 Å². The molecule has 1 aliphatic rings. The Balaban J connectivity index is 1.46. The number of halogens is 1. The maximum Gasteiger partial charge on any atom is 0.193 e. The number of likely N-dealkylation sites (tertiary alicyclic amines) is 1. The van der Waals surface area contributed by atoms with Crippen LogP contribution in [-0.2, 0) is 13.5 Å². The van der Waals surface area contributed by atoms with Gasteiger partial charge in [-0.2, -0.15) is 5.10 Å². The summed E-state index contributed by atoms with van der Waals surface area (Å²) in [7, 11) is 3.79. The molecule has 1 N–H and O–H groups in total. The Labute approximate surface area is 166 Å². The summed E-state index contributed by atoms with van der Waals surface area (Å²) in [5, 5.41) is 8.38. The lowest BCUT2D eigenvalue weighted by Gasteiger charge is -2.23. The van der Waals surface area contributed by atoms with Crippen LogP contribution in [0.1, 0.15) is 18.9 Å². The number of benzene rings is 1. The van der Waals surface area contributed by atoms with E-state index in [1.54, 1.807) is 0 Å². The molecule has 1 aromatic carbocycles. The highest BCUT2D eigenvalue weighted by Gasteiger charge is 2.25. The average Bonchev–Trinajstić information content (AvgIpc) is 3.25. The zero-order valence-corrected chi connectivity index (χ0v) is 17.0. The first kappa shape index (κ1) is 19.5. The van der Waals surface area contributed by atoms with E-state index in [1.807, 2.05) is 56.2 Å². The van der Waals surface area contributed by atoms with Crippen molar-refractivity contribution < 1.29 is 4.74 Å². The fraction of sp³-hybridized carbons (Fsp3) is 0.500. The highest BCUT2D eigenvalue weighted by Crippen LogP contribution is 2.21. The summed E-state index contributed by atoms with van der Waals surface area (Å²) in [5.41, 5.74) is 1.30. The normalized spacial score (nSPS) is 18.6. The highest BCUT2D eigenvalue weighted by molar-refractivity contribution is 6.30. The predicted octanol–water partition coefficient (Wildman–Crippen LogP) is 2.98. The molecule has 0 amide bonds. The molecule has 1 aliphatic heterocycles. The number of nitrogens with zero attached hydrogens (tertiary/aromatic N) is 4. The maximum atomic E-state index is 6.01. The number of aromatic nitrogens is 2. The molecule has 0 spiro atoms. The van der Waals surface area contributed by atoms with Gasteiger partial charge in [0, 0.05) is 38.4 Å². The van der Waals surface area contributed by atoms with Crippen LogP contribution in [0.5, 0.6) is 5.75 Å². The lowest BCUT2D eigenvalue weighted by molar-refractivity contribution is 0.222. The van der Waals surface area contributed by atoms with E-state index in [0.29, 0.717) is 17.5 Å². The molecule has 3 rings (SSSR count). The number of nitrogens with one attached hydrogen (secondary N) is 1. The zero-order chi connectivity index (χ0) is 19.2. The molecule has 6 nitrogen and oxygen atoms in total. The van der Waals surface area contributed by atoms with Gasteiger partial charge in [-0.1, -0.05) is 17.7 Å². The van der Waals surface area contributed by atoms with Gasteiger partial charge < -0.3 is 15.0 Å². The molecule has 146 valence electrons. The topological polar surface area (TPSA) is 54.7 Å². The van der Waals surface area contributed by atoms with E-state index in [4.69, 9.17) is 16.3 Å². The molecule has 1 aromatic heterocycles. The van der Waals surface area contributed by atoms with Crippen molar-refractivity contribution in [3.8, 4) is 5.75 Å². The zero-order valence-electron chi connectivity index (χ0n) is 16.2. The largest absolute Gasteiger partial charge is 0.489 e. The summed E-state index contributed by atoms with van der Waals surface area (Å²) in [6, 6.07) is 7.48. The van der Waals surface area contributed by atoms with Crippen LogP contribution >= 0.6 is 11.6 Å². The number of guanidine groups is 1. The van der Waals surface area contributed by atoms with Crippen LogP contribution in [-0.4, -0.2) is 53.4 Å². The minimum Gasteiger partial charge on any atom is -0.489 e. The minimum absolute atomic E-state index is 0.00834. The van der Waals surface area contributed by atoms with Crippen molar-refractivity contribution in [3.63, 3.8) is 0 Å². The van der Waals surface area contributed by atoms with E-state index in [1.165, 1.54) is 12.0 Å². The number of aryl methyl sites for hydroxylation is 1. The molecule has 0 aliphatic carbocycles. The molecule has 0 saturated carbocycles. The Kier molecular flexibility index (Phi) is 6.61. The van der Waals surface area contributed by atoms with E-state index in [-0.39, 0.29) is 6.10 Å². The lowest BCUT2D eigenvalue weighted by Crippen LogP contribution is -2.43. The van der Waals surface area contributed by atoms with Crippen molar-refractivity contribution in [2.45, 2.75) is 25.9 Å². The second-order valence-electron chi connectivity index (χ2n) is 7.14. The summed E-state index contributed by atoms with van der Waals surface area (Å²) < 4.78 is 7.79. The van der Waals surface area contributed by atoms with Crippen molar-refractivity contribution >= 4 is 17.6 Å². The van der Waals surface area contributed by atoms with Gasteiger partial charge in [0.1, 0.15) is 11.9 Å². The van der Waals surface area contributed by atoms with Crippen molar-refractivity contribution in [1.29, 1.82) is 0 Å². The van der Waals surface area contributed by atoms with Crippen LogP contribution in [0.25, 0.3) is 0 Å². The molecular formula is C20H28ClN5O. The Hall–Kier alpha value is -2.21. The first-order chi connectivity index (χ1) is 13.0. The standard InChI is InChI=1S/C20H28ClN5O/c1-15(27-19-6-4-5-18(21)10-19)11-23-20(22-2)26-8-7-16(14-26)9-17-12-24-25(3)13-17/h4-6,10,12-13,15-16H,7-9,11,14H2,1-3H3,(H,22,23). The molecule has 27 heavy (non-hydrogen) atoms. The molecule has 1 saturated heterocycles. The molecule has 1 fully saturated rings. The summed E-state index contributed by atoms with van der Waals surface area (Å²) in [6.07, 6.45) is 6.31. The van der Waals surface area contributed by atoms with Gasteiger partial charge >= 0.3 is 0 Å². The van der Waals surface area contributed by atoms with Crippen LogP contribution in [0.3, 0.4) is 0 Å². The first-order valence-electron chi connectivity index (χ1n) is 9.39. The van der Waals surface area contributed by atoms with Crippen molar-refractivity contribution in [2.24, 2.45) is 18.0 Å². The van der Waals surface area contributed by atoms with Crippen molar-refractivity contribution in [2.75, 3.05) is 26.7 Å². The van der Waals surface area contributed by atoms with E-state index < -0.39 is 0 Å². The second kappa shape index (κ2) is 9.13. The summed E-state index contributed by atoms with van der Waals surface area (Å²) in [6.45, 7) is 4.76. The average molecular weight is 390 g/mol. The van der Waals surface area contributed by atoms with E-state index in [2.05, 4.69) is 26.5 Å². The number of ether oxygens (including phenoxy) is 1. The number of hydrogen-bond donors (Lipinski definition) is 1.